The third-order valence-electron chi connectivity index (χ3n) is 5.33. The Morgan fingerprint density at radius 3 is 2.72 bits per heavy atom. The highest BCUT2D eigenvalue weighted by Crippen LogP contribution is 2.27. The zero-order chi connectivity index (χ0) is 20.6. The van der Waals surface area contributed by atoms with E-state index in [9.17, 15) is 4.79 Å². The summed E-state index contributed by atoms with van der Waals surface area (Å²) in [5.41, 5.74) is 2.29. The molecular weight excluding hydrogens is 388 g/mol. The second-order valence-electron chi connectivity index (χ2n) is 7.43. The molecule has 1 amide bonds. The number of carbonyl (C=O) groups excluding carboxylic acids is 1. The number of piperidine rings is 1. The predicted octanol–water partition coefficient (Wildman–Crippen LogP) is 3.93. The molecule has 1 atom stereocenters. The molecule has 0 spiro atoms. The van der Waals surface area contributed by atoms with Crippen LogP contribution in [0.25, 0.3) is 0 Å². The number of ether oxygens (including phenoxy) is 2. The summed E-state index contributed by atoms with van der Waals surface area (Å²) in [5, 5.41) is 3.86. The lowest BCUT2D eigenvalue weighted by Crippen LogP contribution is -2.43. The van der Waals surface area contributed by atoms with E-state index in [1.807, 2.05) is 36.4 Å². The van der Waals surface area contributed by atoms with Gasteiger partial charge in [0.1, 0.15) is 0 Å². The van der Waals surface area contributed by atoms with Crippen molar-refractivity contribution in [1.29, 1.82) is 0 Å². The van der Waals surface area contributed by atoms with Crippen molar-refractivity contribution >= 4 is 17.5 Å². The number of hydrogen-bond acceptors (Lipinski definition) is 4. The Bertz CT molecular complexity index is 828. The van der Waals surface area contributed by atoms with Crippen molar-refractivity contribution in [2.45, 2.75) is 25.8 Å². The first-order valence-corrected chi connectivity index (χ1v) is 10.4. The van der Waals surface area contributed by atoms with Crippen molar-refractivity contribution in [2.75, 3.05) is 33.9 Å². The maximum absolute atomic E-state index is 12.7. The molecule has 0 aliphatic carbocycles. The fourth-order valence-corrected chi connectivity index (χ4v) is 4.03. The lowest BCUT2D eigenvalue weighted by molar-refractivity contribution is -0.126. The highest BCUT2D eigenvalue weighted by Gasteiger charge is 2.25. The van der Waals surface area contributed by atoms with E-state index < -0.39 is 0 Å². The SMILES string of the molecule is COc1ccc(CCNC(=O)C2CCCN(Cc3cccc(Cl)c3)C2)cc1OC. The molecule has 0 radical (unpaired) electrons. The quantitative estimate of drug-likeness (QED) is 0.708. The number of benzene rings is 2. The normalized spacial score (nSPS) is 17.0. The summed E-state index contributed by atoms with van der Waals surface area (Å²) in [7, 11) is 3.25. The Kier molecular flexibility index (Phi) is 7.78. The van der Waals surface area contributed by atoms with Crippen LogP contribution in [0.2, 0.25) is 5.02 Å². The van der Waals surface area contributed by atoms with Gasteiger partial charge in [-0.15, -0.1) is 0 Å². The second kappa shape index (κ2) is 10.5. The van der Waals surface area contributed by atoms with Gasteiger partial charge >= 0.3 is 0 Å². The molecule has 0 bridgehead atoms. The highest BCUT2D eigenvalue weighted by atomic mass is 35.5. The van der Waals surface area contributed by atoms with E-state index in [2.05, 4.69) is 16.3 Å². The van der Waals surface area contributed by atoms with E-state index in [0.717, 1.165) is 49.5 Å². The molecule has 0 aromatic heterocycles. The zero-order valence-electron chi connectivity index (χ0n) is 17.1. The number of carbonyl (C=O) groups is 1. The lowest BCUT2D eigenvalue weighted by Gasteiger charge is -2.32. The van der Waals surface area contributed by atoms with Crippen molar-refractivity contribution in [3.63, 3.8) is 0 Å². The molecule has 1 fully saturated rings. The number of halogens is 1. The Morgan fingerprint density at radius 2 is 1.97 bits per heavy atom. The van der Waals surface area contributed by atoms with E-state index in [0.29, 0.717) is 18.0 Å². The zero-order valence-corrected chi connectivity index (χ0v) is 17.9. The standard InChI is InChI=1S/C23H29ClN2O3/c1-28-21-9-8-17(14-22(21)29-2)10-11-25-23(27)19-6-4-12-26(16-19)15-18-5-3-7-20(24)13-18/h3,5,7-9,13-14,19H,4,6,10-12,15-16H2,1-2H3,(H,25,27). The molecule has 0 saturated carbocycles. The first-order chi connectivity index (χ1) is 14.1. The highest BCUT2D eigenvalue weighted by molar-refractivity contribution is 6.30. The lowest BCUT2D eigenvalue weighted by atomic mass is 9.96. The Hall–Kier alpha value is -2.24. The molecule has 1 aliphatic rings. The van der Waals surface area contributed by atoms with Crippen molar-refractivity contribution in [3.8, 4) is 11.5 Å². The number of rotatable bonds is 8. The number of amides is 1. The van der Waals surface area contributed by atoms with Gasteiger partial charge in [0.05, 0.1) is 20.1 Å². The number of hydrogen-bond donors (Lipinski definition) is 1. The average molecular weight is 417 g/mol. The molecule has 29 heavy (non-hydrogen) atoms. The predicted molar refractivity (Wildman–Crippen MR) is 116 cm³/mol. The van der Waals surface area contributed by atoms with Crippen LogP contribution in [0, 0.1) is 5.92 Å². The molecule has 1 aliphatic heterocycles. The van der Waals surface area contributed by atoms with E-state index in [4.69, 9.17) is 21.1 Å². The van der Waals surface area contributed by atoms with Gasteiger partial charge in [-0.2, -0.15) is 0 Å². The second-order valence-corrected chi connectivity index (χ2v) is 7.87. The molecule has 5 nitrogen and oxygen atoms in total. The minimum atomic E-state index is 0.0355. The summed E-state index contributed by atoms with van der Waals surface area (Å²) in [4.78, 5) is 15.0. The number of likely N-dealkylation sites (tertiary alicyclic amines) is 1. The van der Waals surface area contributed by atoms with Crippen molar-refractivity contribution < 1.29 is 14.3 Å². The summed E-state index contributed by atoms with van der Waals surface area (Å²) in [6.07, 6.45) is 2.73. The molecule has 2 aromatic rings. The van der Waals surface area contributed by atoms with Crippen LogP contribution < -0.4 is 14.8 Å². The molecular formula is C23H29ClN2O3. The summed E-state index contributed by atoms with van der Waals surface area (Å²) in [6, 6.07) is 13.8. The van der Waals surface area contributed by atoms with Gasteiger partial charge in [-0.05, 0) is 61.2 Å². The van der Waals surface area contributed by atoms with Gasteiger partial charge in [0, 0.05) is 24.7 Å². The van der Waals surface area contributed by atoms with Crippen LogP contribution in [0.1, 0.15) is 24.0 Å². The molecule has 156 valence electrons. The first-order valence-electron chi connectivity index (χ1n) is 10.0. The van der Waals surface area contributed by atoms with Gasteiger partial charge in [0.15, 0.2) is 11.5 Å². The van der Waals surface area contributed by atoms with Crippen molar-refractivity contribution in [3.05, 3.63) is 58.6 Å². The van der Waals surface area contributed by atoms with Gasteiger partial charge in [0.2, 0.25) is 5.91 Å². The van der Waals surface area contributed by atoms with Gasteiger partial charge in [-0.1, -0.05) is 29.8 Å². The van der Waals surface area contributed by atoms with Crippen LogP contribution in [0.4, 0.5) is 0 Å². The third kappa shape index (κ3) is 6.12. The molecule has 1 heterocycles. The van der Waals surface area contributed by atoms with Crippen LogP contribution >= 0.6 is 11.6 Å². The van der Waals surface area contributed by atoms with Crippen LogP contribution in [0.15, 0.2) is 42.5 Å². The first kappa shape index (κ1) is 21.5. The minimum Gasteiger partial charge on any atom is -0.493 e. The third-order valence-corrected chi connectivity index (χ3v) is 5.57. The Morgan fingerprint density at radius 1 is 1.14 bits per heavy atom. The van der Waals surface area contributed by atoms with Crippen LogP contribution in [0.3, 0.4) is 0 Å². The fourth-order valence-electron chi connectivity index (χ4n) is 3.82. The summed E-state index contributed by atoms with van der Waals surface area (Å²) >= 11 is 6.09. The van der Waals surface area contributed by atoms with Crippen LogP contribution in [0.5, 0.6) is 11.5 Å². The van der Waals surface area contributed by atoms with Crippen LogP contribution in [-0.2, 0) is 17.8 Å². The number of methoxy groups -OCH3 is 2. The number of nitrogens with zero attached hydrogens (tertiary/aromatic N) is 1. The number of nitrogens with one attached hydrogen (secondary N) is 1. The van der Waals surface area contributed by atoms with E-state index in [-0.39, 0.29) is 11.8 Å². The molecule has 2 aromatic carbocycles. The monoisotopic (exact) mass is 416 g/mol. The fraction of sp³-hybridized carbons (Fsp3) is 0.435. The Labute approximate surface area is 177 Å². The maximum atomic E-state index is 12.7. The van der Waals surface area contributed by atoms with E-state index in [1.54, 1.807) is 14.2 Å². The summed E-state index contributed by atoms with van der Waals surface area (Å²) in [5.74, 6) is 1.59. The van der Waals surface area contributed by atoms with E-state index in [1.165, 1.54) is 5.56 Å². The molecule has 1 unspecified atom stereocenters. The van der Waals surface area contributed by atoms with Gasteiger partial charge < -0.3 is 14.8 Å². The average Bonchev–Trinajstić information content (AvgIpc) is 2.73. The summed E-state index contributed by atoms with van der Waals surface area (Å²) < 4.78 is 10.6. The molecule has 1 N–H and O–H groups in total. The topological polar surface area (TPSA) is 50.8 Å². The van der Waals surface area contributed by atoms with E-state index >= 15 is 0 Å². The maximum Gasteiger partial charge on any atom is 0.224 e. The van der Waals surface area contributed by atoms with Crippen molar-refractivity contribution in [1.82, 2.24) is 10.2 Å². The van der Waals surface area contributed by atoms with Crippen LogP contribution in [-0.4, -0.2) is 44.7 Å². The largest absolute Gasteiger partial charge is 0.493 e. The van der Waals surface area contributed by atoms with Gasteiger partial charge in [0.25, 0.3) is 0 Å². The smallest absolute Gasteiger partial charge is 0.224 e. The molecule has 6 heteroatoms. The Balaban J connectivity index is 1.47. The van der Waals surface area contributed by atoms with Gasteiger partial charge in [-0.25, -0.2) is 0 Å². The minimum absolute atomic E-state index is 0.0355. The van der Waals surface area contributed by atoms with Crippen molar-refractivity contribution in [2.24, 2.45) is 5.92 Å². The summed E-state index contributed by atoms with van der Waals surface area (Å²) in [6.45, 7) is 3.24. The molecule has 1 saturated heterocycles. The molecule has 3 rings (SSSR count). The van der Waals surface area contributed by atoms with Gasteiger partial charge in [-0.3, -0.25) is 9.69 Å².